The number of benzene rings is 1. The molecule has 1 aromatic heterocycles. The molecular weight excluding hydrogens is 294 g/mol. The number of thiophene rings is 1. The van der Waals surface area contributed by atoms with E-state index in [0.717, 1.165) is 22.5 Å². The van der Waals surface area contributed by atoms with Crippen molar-refractivity contribution in [1.82, 2.24) is 0 Å². The second-order valence-electron chi connectivity index (χ2n) is 4.41. The highest BCUT2D eigenvalue weighted by molar-refractivity contribution is 7.18. The summed E-state index contributed by atoms with van der Waals surface area (Å²) in [6.45, 7) is 1.94. The van der Waals surface area contributed by atoms with Gasteiger partial charge in [0.25, 0.3) is 0 Å². The maximum absolute atomic E-state index is 11.2. The second kappa shape index (κ2) is 5.94. The van der Waals surface area contributed by atoms with Gasteiger partial charge in [0.05, 0.1) is 5.69 Å². The normalized spacial score (nSPS) is 11.9. The first kappa shape index (κ1) is 15.0. The number of aliphatic carboxylic acids is 1. The zero-order valence-electron chi connectivity index (χ0n) is 11.0. The summed E-state index contributed by atoms with van der Waals surface area (Å²) in [6.07, 6.45) is -1.86. The van der Waals surface area contributed by atoms with Crippen LogP contribution in [0, 0.1) is 6.92 Å². The zero-order valence-corrected chi connectivity index (χ0v) is 11.8. The van der Waals surface area contributed by atoms with E-state index in [1.807, 2.05) is 31.2 Å². The van der Waals surface area contributed by atoms with E-state index in [1.54, 1.807) is 0 Å². The third-order valence-electron chi connectivity index (χ3n) is 2.79. The van der Waals surface area contributed by atoms with Crippen molar-refractivity contribution in [3.8, 4) is 10.4 Å². The summed E-state index contributed by atoms with van der Waals surface area (Å²) in [4.78, 5) is 22.5. The van der Waals surface area contributed by atoms with Crippen molar-refractivity contribution in [1.29, 1.82) is 0 Å². The van der Waals surface area contributed by atoms with Crippen LogP contribution in [0.4, 0.5) is 5.69 Å². The summed E-state index contributed by atoms with van der Waals surface area (Å²) in [5.41, 5.74) is 1.98. The van der Waals surface area contributed by atoms with Crippen molar-refractivity contribution in [2.75, 3.05) is 5.32 Å². The lowest BCUT2D eigenvalue weighted by Gasteiger charge is -2.08. The SMILES string of the molecule is Cc1ccc(-c2cc(NC(O)C(=O)O)c(C(=O)O)s2)cc1. The van der Waals surface area contributed by atoms with Gasteiger partial charge in [0.15, 0.2) is 0 Å². The summed E-state index contributed by atoms with van der Waals surface area (Å²) in [7, 11) is 0. The molecule has 0 saturated heterocycles. The molecule has 4 N–H and O–H groups in total. The van der Waals surface area contributed by atoms with Crippen LogP contribution in [0.5, 0.6) is 0 Å². The topological polar surface area (TPSA) is 107 Å². The Balaban J connectivity index is 2.39. The quantitative estimate of drug-likeness (QED) is 0.631. The monoisotopic (exact) mass is 307 g/mol. The molecular formula is C14H13NO5S. The first-order chi connectivity index (χ1) is 9.88. The number of aliphatic hydroxyl groups is 1. The van der Waals surface area contributed by atoms with Crippen LogP contribution in [-0.2, 0) is 4.79 Å². The molecule has 0 aliphatic carbocycles. The molecule has 0 radical (unpaired) electrons. The molecule has 1 aromatic carbocycles. The van der Waals surface area contributed by atoms with Crippen LogP contribution >= 0.6 is 11.3 Å². The van der Waals surface area contributed by atoms with Gasteiger partial charge in [-0.25, -0.2) is 9.59 Å². The van der Waals surface area contributed by atoms with Crippen LogP contribution in [0.25, 0.3) is 10.4 Å². The number of carboxylic acids is 2. The van der Waals surface area contributed by atoms with E-state index in [-0.39, 0.29) is 10.6 Å². The van der Waals surface area contributed by atoms with Crippen LogP contribution in [0.3, 0.4) is 0 Å². The number of anilines is 1. The van der Waals surface area contributed by atoms with Gasteiger partial charge in [-0.2, -0.15) is 0 Å². The molecule has 0 fully saturated rings. The summed E-state index contributed by atoms with van der Waals surface area (Å²) >= 11 is 1.01. The molecule has 0 amide bonds. The summed E-state index contributed by atoms with van der Waals surface area (Å²) in [6, 6.07) is 9.02. The van der Waals surface area contributed by atoms with Gasteiger partial charge >= 0.3 is 11.9 Å². The molecule has 2 rings (SSSR count). The minimum Gasteiger partial charge on any atom is -0.478 e. The number of aromatic carboxylic acids is 1. The fourth-order valence-corrected chi connectivity index (χ4v) is 2.69. The van der Waals surface area contributed by atoms with Gasteiger partial charge in [-0.15, -0.1) is 11.3 Å². The van der Waals surface area contributed by atoms with Crippen molar-refractivity contribution >= 4 is 29.0 Å². The van der Waals surface area contributed by atoms with E-state index in [9.17, 15) is 14.7 Å². The van der Waals surface area contributed by atoms with Crippen molar-refractivity contribution in [3.63, 3.8) is 0 Å². The van der Waals surface area contributed by atoms with Gasteiger partial charge in [-0.3, -0.25) is 0 Å². The number of carboxylic acid groups (broad SMARTS) is 2. The third kappa shape index (κ3) is 3.39. The van der Waals surface area contributed by atoms with E-state index < -0.39 is 18.2 Å². The molecule has 6 nitrogen and oxygen atoms in total. The van der Waals surface area contributed by atoms with Crippen LogP contribution < -0.4 is 5.32 Å². The molecule has 0 aliphatic heterocycles. The predicted octanol–water partition coefficient (Wildman–Crippen LogP) is 2.24. The number of nitrogens with one attached hydrogen (secondary N) is 1. The molecule has 0 aliphatic rings. The molecule has 1 unspecified atom stereocenters. The lowest BCUT2D eigenvalue weighted by atomic mass is 10.1. The number of rotatable bonds is 5. The van der Waals surface area contributed by atoms with E-state index >= 15 is 0 Å². The second-order valence-corrected chi connectivity index (χ2v) is 5.46. The Kier molecular flexibility index (Phi) is 4.25. The average molecular weight is 307 g/mol. The molecule has 0 saturated carbocycles. The molecule has 0 spiro atoms. The van der Waals surface area contributed by atoms with E-state index in [1.165, 1.54) is 6.07 Å². The van der Waals surface area contributed by atoms with E-state index in [0.29, 0.717) is 4.88 Å². The maximum Gasteiger partial charge on any atom is 0.353 e. The smallest absolute Gasteiger partial charge is 0.353 e. The van der Waals surface area contributed by atoms with Crippen molar-refractivity contribution in [3.05, 3.63) is 40.8 Å². The number of aliphatic hydroxyl groups excluding tert-OH is 1. The van der Waals surface area contributed by atoms with Crippen LogP contribution in [-0.4, -0.2) is 33.5 Å². The van der Waals surface area contributed by atoms with Crippen LogP contribution in [0.15, 0.2) is 30.3 Å². The fraction of sp³-hybridized carbons (Fsp3) is 0.143. The van der Waals surface area contributed by atoms with Gasteiger partial charge in [0.1, 0.15) is 4.88 Å². The number of carbonyl (C=O) groups is 2. The molecule has 110 valence electrons. The van der Waals surface area contributed by atoms with Crippen LogP contribution in [0.2, 0.25) is 0 Å². The molecule has 21 heavy (non-hydrogen) atoms. The Morgan fingerprint density at radius 2 is 1.81 bits per heavy atom. The van der Waals surface area contributed by atoms with Crippen molar-refractivity contribution < 1.29 is 24.9 Å². The third-order valence-corrected chi connectivity index (χ3v) is 3.96. The molecule has 1 heterocycles. The van der Waals surface area contributed by atoms with E-state index in [2.05, 4.69) is 5.32 Å². The Morgan fingerprint density at radius 3 is 2.33 bits per heavy atom. The highest BCUT2D eigenvalue weighted by atomic mass is 32.1. The first-order valence-electron chi connectivity index (χ1n) is 6.00. The Bertz CT molecular complexity index is 677. The summed E-state index contributed by atoms with van der Waals surface area (Å²) in [5, 5.41) is 29.4. The van der Waals surface area contributed by atoms with Gasteiger partial charge in [-0.1, -0.05) is 29.8 Å². The summed E-state index contributed by atoms with van der Waals surface area (Å²) < 4.78 is 0. The number of aryl methyl sites for hydroxylation is 1. The van der Waals surface area contributed by atoms with Gasteiger partial charge in [0.2, 0.25) is 6.23 Å². The Morgan fingerprint density at radius 1 is 1.19 bits per heavy atom. The average Bonchev–Trinajstić information content (AvgIpc) is 2.83. The Hall–Kier alpha value is -2.38. The lowest BCUT2D eigenvalue weighted by Crippen LogP contribution is -2.28. The lowest BCUT2D eigenvalue weighted by molar-refractivity contribution is -0.145. The highest BCUT2D eigenvalue weighted by Gasteiger charge is 2.21. The van der Waals surface area contributed by atoms with Crippen LogP contribution in [0.1, 0.15) is 15.2 Å². The van der Waals surface area contributed by atoms with Crippen molar-refractivity contribution in [2.24, 2.45) is 0 Å². The minimum absolute atomic E-state index is 0.0501. The van der Waals surface area contributed by atoms with Gasteiger partial charge in [-0.05, 0) is 18.6 Å². The molecule has 2 aromatic rings. The predicted molar refractivity (Wildman–Crippen MR) is 78.7 cm³/mol. The number of hydrogen-bond acceptors (Lipinski definition) is 5. The van der Waals surface area contributed by atoms with E-state index in [4.69, 9.17) is 10.2 Å². The Labute approximate surface area is 124 Å². The maximum atomic E-state index is 11.2. The van der Waals surface area contributed by atoms with Gasteiger partial charge in [0, 0.05) is 4.88 Å². The highest BCUT2D eigenvalue weighted by Crippen LogP contribution is 2.35. The fourth-order valence-electron chi connectivity index (χ4n) is 1.73. The molecule has 0 bridgehead atoms. The summed E-state index contributed by atoms with van der Waals surface area (Å²) in [5.74, 6) is -2.66. The van der Waals surface area contributed by atoms with Crippen molar-refractivity contribution in [2.45, 2.75) is 13.2 Å². The molecule has 1 atom stereocenters. The minimum atomic E-state index is -1.86. The number of hydrogen-bond donors (Lipinski definition) is 4. The largest absolute Gasteiger partial charge is 0.478 e. The van der Waals surface area contributed by atoms with Gasteiger partial charge < -0.3 is 20.6 Å². The standard InChI is InChI=1S/C14H13NO5S/c1-7-2-4-8(5-3-7)10-6-9(11(21-10)13(17)18)15-12(16)14(19)20/h2-6,12,15-16H,1H3,(H,17,18)(H,19,20). The zero-order chi connectivity index (χ0) is 15.6. The molecule has 7 heteroatoms. The first-order valence-corrected chi connectivity index (χ1v) is 6.81.